The van der Waals surface area contributed by atoms with Gasteiger partial charge in [-0.3, -0.25) is 0 Å². The number of benzene rings is 1. The van der Waals surface area contributed by atoms with E-state index in [2.05, 4.69) is 10.3 Å². The van der Waals surface area contributed by atoms with Gasteiger partial charge in [-0.15, -0.1) is 0 Å². The minimum Gasteiger partial charge on any atom is -0.378 e. The van der Waals surface area contributed by atoms with Crippen molar-refractivity contribution in [2.45, 2.75) is 11.4 Å². The molecule has 0 unspecified atom stereocenters. The Bertz CT molecular complexity index is 735. The van der Waals surface area contributed by atoms with Crippen LogP contribution in [0.25, 0.3) is 0 Å². The minimum atomic E-state index is -3.25. The summed E-state index contributed by atoms with van der Waals surface area (Å²) in [6, 6.07) is 6.90. The van der Waals surface area contributed by atoms with E-state index in [0.29, 0.717) is 17.1 Å². The van der Waals surface area contributed by atoms with Crippen LogP contribution in [0.5, 0.6) is 0 Å². The van der Waals surface area contributed by atoms with Crippen LogP contribution in [0.2, 0.25) is 0 Å². The topological polar surface area (TPSA) is 67.2 Å². The van der Waals surface area contributed by atoms with Crippen molar-refractivity contribution in [3.8, 4) is 0 Å². The van der Waals surface area contributed by atoms with Crippen molar-refractivity contribution in [1.82, 2.24) is 9.55 Å². The molecular weight excluding hydrogens is 288 g/mol. The molecule has 0 amide bonds. The maximum absolute atomic E-state index is 11.8. The van der Waals surface area contributed by atoms with Gasteiger partial charge in [0.05, 0.1) is 29.0 Å². The van der Waals surface area contributed by atoms with Gasteiger partial charge >= 0.3 is 0 Å². The van der Waals surface area contributed by atoms with Crippen LogP contribution in [-0.4, -0.2) is 38.3 Å². The monoisotopic (exact) mass is 308 g/mol. The minimum absolute atomic E-state index is 0.306. The average molecular weight is 308 g/mol. The number of hydrogen-bond donors (Lipinski definition) is 1. The third-order valence-corrected chi connectivity index (χ3v) is 4.36. The molecule has 21 heavy (non-hydrogen) atoms. The second kappa shape index (κ2) is 5.77. The van der Waals surface area contributed by atoms with Gasteiger partial charge < -0.3 is 14.8 Å². The summed E-state index contributed by atoms with van der Waals surface area (Å²) in [7, 11) is 2.54. The fraction of sp³-hybridized carbons (Fsp3) is 0.357. The fourth-order valence-electron chi connectivity index (χ4n) is 2.14. The third-order valence-electron chi connectivity index (χ3n) is 3.21. The first-order valence-electron chi connectivity index (χ1n) is 6.51. The Morgan fingerprint density at radius 3 is 2.52 bits per heavy atom. The van der Waals surface area contributed by atoms with Crippen molar-refractivity contribution in [3.63, 3.8) is 0 Å². The van der Waals surface area contributed by atoms with E-state index >= 15 is 0 Å². The number of nitrogens with zero attached hydrogens (tertiary/aromatic N) is 3. The number of imidazole rings is 1. The molecule has 114 valence electrons. The standard InChI is InChI=1S/C14H20N4O2S/c1-17(2)14-16-10-11(18(14)3)9-15-12-7-5-6-8-13(12)21(4,19)20/h5-8,10,15H,9H2,1-4H3. The van der Waals surface area contributed by atoms with Crippen LogP contribution >= 0.6 is 0 Å². The van der Waals surface area contributed by atoms with Crippen molar-refractivity contribution >= 4 is 21.5 Å². The summed E-state index contributed by atoms with van der Waals surface area (Å²) in [5.41, 5.74) is 1.58. The summed E-state index contributed by atoms with van der Waals surface area (Å²) < 4.78 is 25.5. The van der Waals surface area contributed by atoms with Crippen LogP contribution in [0.15, 0.2) is 35.4 Å². The highest BCUT2D eigenvalue weighted by Crippen LogP contribution is 2.21. The summed E-state index contributed by atoms with van der Waals surface area (Å²) in [6.45, 7) is 0.504. The Labute approximate surface area is 125 Å². The van der Waals surface area contributed by atoms with Crippen molar-refractivity contribution in [2.75, 3.05) is 30.6 Å². The van der Waals surface area contributed by atoms with Crippen LogP contribution < -0.4 is 10.2 Å². The molecule has 1 heterocycles. The zero-order valence-corrected chi connectivity index (χ0v) is 13.5. The molecule has 6 nitrogen and oxygen atoms in total. The lowest BCUT2D eigenvalue weighted by atomic mass is 10.3. The predicted octanol–water partition coefficient (Wildman–Crippen LogP) is 1.50. The number of aromatic nitrogens is 2. The molecule has 0 aliphatic heterocycles. The maximum Gasteiger partial charge on any atom is 0.204 e. The average Bonchev–Trinajstić information content (AvgIpc) is 2.77. The second-order valence-corrected chi connectivity index (χ2v) is 7.11. The van der Waals surface area contributed by atoms with Gasteiger partial charge in [0.1, 0.15) is 0 Å². The highest BCUT2D eigenvalue weighted by atomic mass is 32.2. The summed E-state index contributed by atoms with van der Waals surface area (Å²) in [6.07, 6.45) is 2.99. The van der Waals surface area contributed by atoms with E-state index in [-0.39, 0.29) is 0 Å². The molecule has 2 rings (SSSR count). The number of anilines is 2. The Morgan fingerprint density at radius 2 is 1.95 bits per heavy atom. The molecular formula is C14H20N4O2S. The smallest absolute Gasteiger partial charge is 0.204 e. The molecule has 1 aromatic heterocycles. The molecule has 0 fully saturated rings. The fourth-order valence-corrected chi connectivity index (χ4v) is 3.00. The number of sulfone groups is 1. The first-order chi connectivity index (χ1) is 9.80. The van der Waals surface area contributed by atoms with Crippen LogP contribution in [-0.2, 0) is 23.4 Å². The molecule has 0 radical (unpaired) electrons. The van der Waals surface area contributed by atoms with E-state index < -0.39 is 9.84 Å². The van der Waals surface area contributed by atoms with Crippen molar-refractivity contribution in [1.29, 1.82) is 0 Å². The molecule has 2 aromatic rings. The van der Waals surface area contributed by atoms with Gasteiger partial charge in [0, 0.05) is 27.4 Å². The molecule has 0 bridgehead atoms. The molecule has 0 atom stereocenters. The third kappa shape index (κ3) is 3.36. The largest absolute Gasteiger partial charge is 0.378 e. The molecule has 0 saturated heterocycles. The molecule has 7 heteroatoms. The summed E-state index contributed by atoms with van der Waals surface area (Å²) in [4.78, 5) is 6.56. The maximum atomic E-state index is 11.8. The zero-order valence-electron chi connectivity index (χ0n) is 12.7. The van der Waals surface area contributed by atoms with E-state index in [1.165, 1.54) is 6.26 Å². The normalized spacial score (nSPS) is 11.4. The highest BCUT2D eigenvalue weighted by molar-refractivity contribution is 7.90. The Kier molecular flexibility index (Phi) is 4.22. The first kappa shape index (κ1) is 15.4. The van der Waals surface area contributed by atoms with E-state index in [0.717, 1.165) is 11.6 Å². The number of nitrogens with one attached hydrogen (secondary N) is 1. The van der Waals surface area contributed by atoms with Crippen LogP contribution in [0.4, 0.5) is 11.6 Å². The molecule has 0 saturated carbocycles. The van der Waals surface area contributed by atoms with E-state index in [9.17, 15) is 8.42 Å². The van der Waals surface area contributed by atoms with Gasteiger partial charge in [-0.05, 0) is 12.1 Å². The Hall–Kier alpha value is -2.02. The SMILES string of the molecule is CN(C)c1ncc(CNc2ccccc2S(C)(=O)=O)n1C. The van der Waals surface area contributed by atoms with Crippen LogP contribution in [0, 0.1) is 0 Å². The number of para-hydroxylation sites is 1. The number of hydrogen-bond acceptors (Lipinski definition) is 5. The molecule has 0 aliphatic rings. The van der Waals surface area contributed by atoms with Crippen molar-refractivity contribution in [2.24, 2.45) is 7.05 Å². The lowest BCUT2D eigenvalue weighted by Crippen LogP contribution is -2.15. The number of rotatable bonds is 5. The molecule has 0 spiro atoms. The first-order valence-corrected chi connectivity index (χ1v) is 8.40. The van der Waals surface area contributed by atoms with Gasteiger partial charge in [-0.25, -0.2) is 13.4 Å². The van der Waals surface area contributed by atoms with Gasteiger partial charge in [0.2, 0.25) is 5.95 Å². The second-order valence-electron chi connectivity index (χ2n) is 5.12. The van der Waals surface area contributed by atoms with Crippen LogP contribution in [0.1, 0.15) is 5.69 Å². The Morgan fingerprint density at radius 1 is 1.29 bits per heavy atom. The van der Waals surface area contributed by atoms with E-state index in [4.69, 9.17) is 0 Å². The van der Waals surface area contributed by atoms with Crippen molar-refractivity contribution in [3.05, 3.63) is 36.2 Å². The van der Waals surface area contributed by atoms with Gasteiger partial charge in [-0.1, -0.05) is 12.1 Å². The summed E-state index contributed by atoms with van der Waals surface area (Å²) in [5.74, 6) is 0.850. The predicted molar refractivity (Wildman–Crippen MR) is 84.4 cm³/mol. The zero-order chi connectivity index (χ0) is 15.6. The van der Waals surface area contributed by atoms with Crippen molar-refractivity contribution < 1.29 is 8.42 Å². The van der Waals surface area contributed by atoms with Gasteiger partial charge in [0.25, 0.3) is 0 Å². The quantitative estimate of drug-likeness (QED) is 0.906. The summed E-state index contributed by atoms with van der Waals surface area (Å²) >= 11 is 0. The lowest BCUT2D eigenvalue weighted by molar-refractivity contribution is 0.602. The summed E-state index contributed by atoms with van der Waals surface area (Å²) in [5, 5.41) is 3.17. The highest BCUT2D eigenvalue weighted by Gasteiger charge is 2.13. The van der Waals surface area contributed by atoms with Gasteiger partial charge in [-0.2, -0.15) is 0 Å². The molecule has 1 N–H and O–H groups in total. The van der Waals surface area contributed by atoms with E-state index in [1.807, 2.05) is 36.7 Å². The Balaban J connectivity index is 2.22. The molecule has 0 aliphatic carbocycles. The van der Waals surface area contributed by atoms with Gasteiger partial charge in [0.15, 0.2) is 9.84 Å². The lowest BCUT2D eigenvalue weighted by Gasteiger charge is -2.14. The molecule has 1 aromatic carbocycles. The van der Waals surface area contributed by atoms with Crippen LogP contribution in [0.3, 0.4) is 0 Å². The van der Waals surface area contributed by atoms with E-state index in [1.54, 1.807) is 24.4 Å².